The fourth-order valence-electron chi connectivity index (χ4n) is 2.94. The summed E-state index contributed by atoms with van der Waals surface area (Å²) in [5.74, 6) is 0. The zero-order valence-corrected chi connectivity index (χ0v) is 13.4. The van der Waals surface area contributed by atoms with Crippen molar-refractivity contribution in [3.8, 4) is 0 Å². The molecule has 23 heavy (non-hydrogen) atoms. The number of amides is 1. The number of hydrogen-bond donors (Lipinski definition) is 0. The molecule has 0 spiro atoms. The monoisotopic (exact) mass is 307 g/mol. The van der Waals surface area contributed by atoms with Gasteiger partial charge in [-0.15, -0.1) is 0 Å². The predicted molar refractivity (Wildman–Crippen MR) is 91.0 cm³/mol. The van der Waals surface area contributed by atoms with Gasteiger partial charge in [-0.25, -0.2) is 4.79 Å². The van der Waals surface area contributed by atoms with E-state index in [4.69, 9.17) is 4.74 Å². The predicted octanol–water partition coefficient (Wildman–Crippen LogP) is 4.20. The molecule has 0 bridgehead atoms. The molecule has 3 rings (SSSR count). The molecule has 1 aliphatic rings. The van der Waals surface area contributed by atoms with Crippen LogP contribution >= 0.6 is 0 Å². The van der Waals surface area contributed by atoms with Crippen LogP contribution in [0.15, 0.2) is 72.9 Å². The van der Waals surface area contributed by atoms with E-state index in [1.165, 1.54) is 5.56 Å². The molecule has 1 heterocycles. The summed E-state index contributed by atoms with van der Waals surface area (Å²) in [6.45, 7) is 6.65. The zero-order chi connectivity index (χ0) is 16.3. The van der Waals surface area contributed by atoms with Gasteiger partial charge in [0, 0.05) is 13.0 Å². The number of cyclic esters (lactones) is 1. The molecule has 118 valence electrons. The van der Waals surface area contributed by atoms with Gasteiger partial charge in [-0.1, -0.05) is 67.2 Å². The second-order valence-electron chi connectivity index (χ2n) is 6.10. The quantitative estimate of drug-likeness (QED) is 0.828. The first-order valence-electron chi connectivity index (χ1n) is 7.86. The van der Waals surface area contributed by atoms with E-state index < -0.39 is 5.60 Å². The maximum Gasteiger partial charge on any atom is 0.415 e. The van der Waals surface area contributed by atoms with Crippen molar-refractivity contribution in [3.05, 3.63) is 84.1 Å². The van der Waals surface area contributed by atoms with E-state index in [9.17, 15) is 4.79 Å². The topological polar surface area (TPSA) is 29.5 Å². The highest BCUT2D eigenvalue weighted by Crippen LogP contribution is 2.35. The molecule has 1 atom stereocenters. The van der Waals surface area contributed by atoms with Crippen LogP contribution in [0.4, 0.5) is 4.79 Å². The SMILES string of the molecule is C=C1N(CCc2ccccc2)C(=O)O[C@]1(C)Cc1ccccc1. The van der Waals surface area contributed by atoms with Gasteiger partial charge in [0.1, 0.15) is 0 Å². The Kier molecular flexibility index (Phi) is 4.20. The minimum absolute atomic E-state index is 0.302. The summed E-state index contributed by atoms with van der Waals surface area (Å²) in [6.07, 6.45) is 1.13. The summed E-state index contributed by atoms with van der Waals surface area (Å²) in [4.78, 5) is 13.9. The molecule has 1 aliphatic heterocycles. The Balaban J connectivity index is 1.69. The number of carbonyl (C=O) groups excluding carboxylic acids is 1. The van der Waals surface area contributed by atoms with E-state index in [-0.39, 0.29) is 6.09 Å². The molecule has 1 amide bonds. The number of benzene rings is 2. The van der Waals surface area contributed by atoms with E-state index in [0.717, 1.165) is 17.7 Å². The van der Waals surface area contributed by atoms with Crippen LogP contribution in [0.5, 0.6) is 0 Å². The van der Waals surface area contributed by atoms with Gasteiger partial charge < -0.3 is 4.74 Å². The molecule has 1 fully saturated rings. The molecule has 0 N–H and O–H groups in total. The maximum atomic E-state index is 12.3. The van der Waals surface area contributed by atoms with Gasteiger partial charge in [0.15, 0.2) is 5.60 Å². The number of hydrogen-bond acceptors (Lipinski definition) is 2. The van der Waals surface area contributed by atoms with Crippen molar-refractivity contribution >= 4 is 6.09 Å². The van der Waals surface area contributed by atoms with Gasteiger partial charge in [-0.3, -0.25) is 4.90 Å². The lowest BCUT2D eigenvalue weighted by Crippen LogP contribution is -2.31. The molecular weight excluding hydrogens is 286 g/mol. The van der Waals surface area contributed by atoms with Crippen molar-refractivity contribution in [1.82, 2.24) is 4.90 Å². The Bertz CT molecular complexity index is 696. The third kappa shape index (κ3) is 3.29. The van der Waals surface area contributed by atoms with Crippen molar-refractivity contribution in [2.75, 3.05) is 6.54 Å². The van der Waals surface area contributed by atoms with Gasteiger partial charge in [0.25, 0.3) is 0 Å². The van der Waals surface area contributed by atoms with Crippen LogP contribution in [0, 0.1) is 0 Å². The molecule has 0 aromatic heterocycles. The number of ether oxygens (including phenoxy) is 1. The Morgan fingerprint density at radius 1 is 1.00 bits per heavy atom. The smallest absolute Gasteiger partial charge is 0.415 e. The van der Waals surface area contributed by atoms with Crippen LogP contribution in [-0.2, 0) is 17.6 Å². The summed E-state index contributed by atoms with van der Waals surface area (Å²) < 4.78 is 5.65. The molecule has 0 unspecified atom stereocenters. The normalized spacial score (nSPS) is 20.7. The number of carbonyl (C=O) groups is 1. The van der Waals surface area contributed by atoms with Crippen molar-refractivity contribution in [3.63, 3.8) is 0 Å². The lowest BCUT2D eigenvalue weighted by molar-refractivity contribution is 0.0817. The van der Waals surface area contributed by atoms with Crippen molar-refractivity contribution < 1.29 is 9.53 Å². The largest absolute Gasteiger partial charge is 0.436 e. The highest BCUT2D eigenvalue weighted by Gasteiger charge is 2.45. The molecule has 0 saturated carbocycles. The first-order chi connectivity index (χ1) is 11.1. The first kappa shape index (κ1) is 15.3. The van der Waals surface area contributed by atoms with Crippen molar-refractivity contribution in [2.24, 2.45) is 0 Å². The first-order valence-corrected chi connectivity index (χ1v) is 7.86. The number of rotatable bonds is 5. The van der Waals surface area contributed by atoms with Crippen LogP contribution in [-0.4, -0.2) is 23.1 Å². The average Bonchev–Trinajstić information content (AvgIpc) is 2.77. The summed E-state index contributed by atoms with van der Waals surface area (Å²) in [7, 11) is 0. The van der Waals surface area contributed by atoms with Crippen LogP contribution in [0.3, 0.4) is 0 Å². The molecule has 1 saturated heterocycles. The standard InChI is InChI=1S/C20H21NO2/c1-16-20(2,15-18-11-7-4-8-12-18)23-19(22)21(16)14-13-17-9-5-3-6-10-17/h3-12H,1,13-15H2,2H3/t20-/m1/s1. The Morgan fingerprint density at radius 2 is 1.57 bits per heavy atom. The molecule has 2 aromatic rings. The summed E-state index contributed by atoms with van der Waals surface area (Å²) in [5.41, 5.74) is 2.40. The van der Waals surface area contributed by atoms with Gasteiger partial charge in [0.2, 0.25) is 0 Å². The van der Waals surface area contributed by atoms with Crippen LogP contribution in [0.2, 0.25) is 0 Å². The van der Waals surface area contributed by atoms with Crippen molar-refractivity contribution in [2.45, 2.75) is 25.4 Å². The highest BCUT2D eigenvalue weighted by atomic mass is 16.6. The third-order valence-electron chi connectivity index (χ3n) is 4.32. The van der Waals surface area contributed by atoms with Crippen molar-refractivity contribution in [1.29, 1.82) is 0 Å². The lowest BCUT2D eigenvalue weighted by Gasteiger charge is -2.24. The Labute approximate surface area is 137 Å². The van der Waals surface area contributed by atoms with Gasteiger partial charge >= 0.3 is 6.09 Å². The minimum Gasteiger partial charge on any atom is -0.436 e. The minimum atomic E-state index is -0.672. The van der Waals surface area contributed by atoms with E-state index in [2.05, 4.69) is 18.7 Å². The second-order valence-corrected chi connectivity index (χ2v) is 6.10. The van der Waals surface area contributed by atoms with E-state index in [0.29, 0.717) is 13.0 Å². The van der Waals surface area contributed by atoms with E-state index in [1.807, 2.05) is 55.5 Å². The summed E-state index contributed by atoms with van der Waals surface area (Å²) in [5, 5.41) is 0. The molecule has 0 aliphatic carbocycles. The number of nitrogens with zero attached hydrogens (tertiary/aromatic N) is 1. The molecular formula is C20H21NO2. The summed E-state index contributed by atoms with van der Waals surface area (Å²) >= 11 is 0. The van der Waals surface area contributed by atoms with Crippen LogP contribution in [0.25, 0.3) is 0 Å². The van der Waals surface area contributed by atoms with Gasteiger partial charge in [0.05, 0.1) is 5.70 Å². The second kappa shape index (κ2) is 6.29. The third-order valence-corrected chi connectivity index (χ3v) is 4.32. The Morgan fingerprint density at radius 3 is 2.17 bits per heavy atom. The van der Waals surface area contributed by atoms with Crippen LogP contribution < -0.4 is 0 Å². The maximum absolute atomic E-state index is 12.3. The average molecular weight is 307 g/mol. The molecule has 3 nitrogen and oxygen atoms in total. The van der Waals surface area contributed by atoms with E-state index >= 15 is 0 Å². The molecule has 2 aromatic carbocycles. The highest BCUT2D eigenvalue weighted by molar-refractivity contribution is 5.75. The van der Waals surface area contributed by atoms with E-state index in [1.54, 1.807) is 4.90 Å². The van der Waals surface area contributed by atoms with Gasteiger partial charge in [-0.2, -0.15) is 0 Å². The Hall–Kier alpha value is -2.55. The molecule has 0 radical (unpaired) electrons. The zero-order valence-electron chi connectivity index (χ0n) is 13.4. The summed E-state index contributed by atoms with van der Waals surface area (Å²) in [6, 6.07) is 20.2. The fraction of sp³-hybridized carbons (Fsp3) is 0.250. The van der Waals surface area contributed by atoms with Crippen LogP contribution in [0.1, 0.15) is 18.1 Å². The lowest BCUT2D eigenvalue weighted by atomic mass is 9.93. The molecule has 3 heteroatoms. The fourth-order valence-corrected chi connectivity index (χ4v) is 2.94. The van der Waals surface area contributed by atoms with Gasteiger partial charge in [-0.05, 0) is 24.5 Å².